The Bertz CT molecular complexity index is 647. The summed E-state index contributed by atoms with van der Waals surface area (Å²) >= 11 is 6.04. The predicted molar refractivity (Wildman–Crippen MR) is 71.8 cm³/mol. The molecule has 0 aliphatic heterocycles. The summed E-state index contributed by atoms with van der Waals surface area (Å²) in [7, 11) is 0. The number of nitrogens with zero attached hydrogens (tertiary/aromatic N) is 3. The Labute approximate surface area is 124 Å². The van der Waals surface area contributed by atoms with Gasteiger partial charge >= 0.3 is 6.36 Å². The summed E-state index contributed by atoms with van der Waals surface area (Å²) in [5.41, 5.74) is 0.0310. The van der Waals surface area contributed by atoms with Gasteiger partial charge in [-0.25, -0.2) is 9.67 Å². The van der Waals surface area contributed by atoms with Gasteiger partial charge in [-0.1, -0.05) is 32.4 Å². The monoisotopic (exact) mass is 319 g/mol. The molecule has 0 aliphatic carbocycles. The van der Waals surface area contributed by atoms with Crippen molar-refractivity contribution in [3.63, 3.8) is 0 Å². The summed E-state index contributed by atoms with van der Waals surface area (Å²) in [6.07, 6.45) is -3.32. The fourth-order valence-corrected chi connectivity index (χ4v) is 1.96. The largest absolute Gasteiger partial charge is 0.574 e. The molecule has 0 spiro atoms. The van der Waals surface area contributed by atoms with E-state index in [0.29, 0.717) is 5.69 Å². The molecule has 0 saturated carbocycles. The molecule has 0 aliphatic rings. The second-order valence-electron chi connectivity index (χ2n) is 5.39. The third-order valence-corrected chi connectivity index (χ3v) is 2.91. The summed E-state index contributed by atoms with van der Waals surface area (Å²) < 4.78 is 42.2. The molecule has 0 fully saturated rings. The summed E-state index contributed by atoms with van der Waals surface area (Å²) in [6, 6.07) is 4.44. The predicted octanol–water partition coefficient (Wildman–Crippen LogP) is 4.12. The number of pyridine rings is 1. The highest BCUT2D eigenvalue weighted by molar-refractivity contribution is 6.32. The molecule has 4 nitrogen and oxygen atoms in total. The van der Waals surface area contributed by atoms with Crippen molar-refractivity contribution in [1.29, 1.82) is 0 Å². The third kappa shape index (κ3) is 3.66. The molecule has 0 radical (unpaired) electrons. The summed E-state index contributed by atoms with van der Waals surface area (Å²) in [4.78, 5) is 4.06. The molecular weight excluding hydrogens is 307 g/mol. The van der Waals surface area contributed by atoms with Gasteiger partial charge in [0.05, 0.1) is 10.7 Å². The van der Waals surface area contributed by atoms with E-state index >= 15 is 0 Å². The second kappa shape index (κ2) is 5.22. The maximum atomic E-state index is 12.3. The first-order valence-corrected chi connectivity index (χ1v) is 6.43. The number of halogens is 4. The highest BCUT2D eigenvalue weighted by Gasteiger charge is 2.34. The lowest BCUT2D eigenvalue weighted by Crippen LogP contribution is -2.18. The minimum absolute atomic E-state index is 0.251. The van der Waals surface area contributed by atoms with Crippen molar-refractivity contribution < 1.29 is 17.9 Å². The van der Waals surface area contributed by atoms with Crippen LogP contribution in [0.2, 0.25) is 5.02 Å². The molecule has 0 saturated heterocycles. The van der Waals surface area contributed by atoms with Crippen LogP contribution in [0.3, 0.4) is 0 Å². The SMILES string of the molecule is CC(C)(C)c1cc(OC(F)(F)F)nn1-c1ncccc1Cl. The van der Waals surface area contributed by atoms with Gasteiger partial charge in [-0.2, -0.15) is 0 Å². The normalized spacial score (nSPS) is 12.5. The molecule has 8 heteroatoms. The average Bonchev–Trinajstić information content (AvgIpc) is 2.70. The van der Waals surface area contributed by atoms with Crippen LogP contribution in [-0.2, 0) is 5.41 Å². The van der Waals surface area contributed by atoms with Crippen molar-refractivity contribution in [1.82, 2.24) is 14.8 Å². The molecule has 0 N–H and O–H groups in total. The van der Waals surface area contributed by atoms with Crippen molar-refractivity contribution in [3.8, 4) is 11.7 Å². The standard InChI is InChI=1S/C13H13ClF3N3O/c1-12(2,3)9-7-10(21-13(15,16)17)19-20(9)11-8(14)5-4-6-18-11/h4-7H,1-3H3. The van der Waals surface area contributed by atoms with Crippen LogP contribution in [0.5, 0.6) is 5.88 Å². The molecule has 0 atom stereocenters. The van der Waals surface area contributed by atoms with Crippen molar-refractivity contribution in [3.05, 3.63) is 35.1 Å². The zero-order valence-corrected chi connectivity index (χ0v) is 12.3. The Morgan fingerprint density at radius 2 is 1.90 bits per heavy atom. The third-order valence-electron chi connectivity index (χ3n) is 2.62. The van der Waals surface area contributed by atoms with Gasteiger partial charge in [0.1, 0.15) is 0 Å². The average molecular weight is 320 g/mol. The quantitative estimate of drug-likeness (QED) is 0.836. The van der Waals surface area contributed by atoms with E-state index < -0.39 is 17.7 Å². The molecule has 2 rings (SSSR count). The highest BCUT2D eigenvalue weighted by atomic mass is 35.5. The van der Waals surface area contributed by atoms with Crippen LogP contribution in [0, 0.1) is 0 Å². The number of ether oxygens (including phenoxy) is 1. The van der Waals surface area contributed by atoms with E-state index in [2.05, 4.69) is 14.8 Å². The van der Waals surface area contributed by atoms with Gasteiger partial charge in [-0.3, -0.25) is 0 Å². The zero-order valence-electron chi connectivity index (χ0n) is 11.6. The van der Waals surface area contributed by atoms with Crippen molar-refractivity contribution in [2.75, 3.05) is 0 Å². The maximum absolute atomic E-state index is 12.3. The van der Waals surface area contributed by atoms with Gasteiger partial charge in [0.2, 0.25) is 5.88 Å². The minimum atomic E-state index is -4.80. The molecule has 0 bridgehead atoms. The lowest BCUT2D eigenvalue weighted by atomic mass is 9.92. The van der Waals surface area contributed by atoms with E-state index in [1.54, 1.807) is 12.1 Å². The lowest BCUT2D eigenvalue weighted by Gasteiger charge is -2.19. The second-order valence-corrected chi connectivity index (χ2v) is 5.79. The van der Waals surface area contributed by atoms with E-state index in [0.717, 1.165) is 0 Å². The summed E-state index contributed by atoms with van der Waals surface area (Å²) in [5.74, 6) is -0.296. The Morgan fingerprint density at radius 1 is 1.24 bits per heavy atom. The molecule has 2 heterocycles. The molecule has 114 valence electrons. The summed E-state index contributed by atoms with van der Waals surface area (Å²) in [6.45, 7) is 5.53. The van der Waals surface area contributed by atoms with Gasteiger partial charge in [-0.05, 0) is 12.1 Å². The van der Waals surface area contributed by atoms with Gasteiger partial charge in [0, 0.05) is 17.7 Å². The Balaban J connectivity index is 2.56. The van der Waals surface area contributed by atoms with Crippen LogP contribution >= 0.6 is 11.6 Å². The van der Waals surface area contributed by atoms with Crippen LogP contribution in [0.4, 0.5) is 13.2 Å². The topological polar surface area (TPSA) is 39.9 Å². The van der Waals surface area contributed by atoms with Crippen molar-refractivity contribution in [2.24, 2.45) is 0 Å². The Morgan fingerprint density at radius 3 is 2.43 bits per heavy atom. The van der Waals surface area contributed by atoms with E-state index in [-0.39, 0.29) is 10.8 Å². The maximum Gasteiger partial charge on any atom is 0.574 e. The number of aromatic nitrogens is 3. The number of hydrogen-bond acceptors (Lipinski definition) is 3. The first kappa shape index (κ1) is 15.6. The summed E-state index contributed by atoms with van der Waals surface area (Å²) in [5, 5.41) is 4.10. The van der Waals surface area contributed by atoms with E-state index in [9.17, 15) is 13.2 Å². The number of rotatable bonds is 2. The van der Waals surface area contributed by atoms with E-state index in [4.69, 9.17) is 11.6 Å². The molecular formula is C13H13ClF3N3O. The van der Waals surface area contributed by atoms with Gasteiger partial charge in [0.15, 0.2) is 5.82 Å². The zero-order chi connectivity index (χ0) is 15.8. The van der Waals surface area contributed by atoms with Crippen LogP contribution in [0.15, 0.2) is 24.4 Å². The molecule has 0 unspecified atom stereocenters. The highest BCUT2D eigenvalue weighted by Crippen LogP contribution is 2.31. The van der Waals surface area contributed by atoms with E-state index in [1.807, 2.05) is 20.8 Å². The fourth-order valence-electron chi connectivity index (χ4n) is 1.76. The smallest absolute Gasteiger partial charge is 0.386 e. The fraction of sp³-hybridized carbons (Fsp3) is 0.385. The Kier molecular flexibility index (Phi) is 3.88. The first-order chi connectivity index (χ1) is 9.58. The van der Waals surface area contributed by atoms with Crippen LogP contribution < -0.4 is 4.74 Å². The molecule has 2 aromatic heterocycles. The van der Waals surface area contributed by atoms with Crippen LogP contribution in [0.25, 0.3) is 5.82 Å². The first-order valence-electron chi connectivity index (χ1n) is 6.05. The molecule has 0 amide bonds. The minimum Gasteiger partial charge on any atom is -0.386 e. The van der Waals surface area contributed by atoms with Gasteiger partial charge in [0.25, 0.3) is 0 Å². The Hall–Kier alpha value is -1.76. The lowest BCUT2D eigenvalue weighted by molar-refractivity contribution is -0.276. The van der Waals surface area contributed by atoms with Gasteiger partial charge in [-0.15, -0.1) is 18.3 Å². The van der Waals surface area contributed by atoms with Crippen LogP contribution in [0.1, 0.15) is 26.5 Å². The van der Waals surface area contributed by atoms with E-state index in [1.165, 1.54) is 16.9 Å². The van der Waals surface area contributed by atoms with Gasteiger partial charge < -0.3 is 4.74 Å². The number of alkyl halides is 3. The molecule has 2 aromatic rings. The molecule has 0 aromatic carbocycles. The number of hydrogen-bond donors (Lipinski definition) is 0. The molecule has 21 heavy (non-hydrogen) atoms. The van der Waals surface area contributed by atoms with Crippen molar-refractivity contribution >= 4 is 11.6 Å². The van der Waals surface area contributed by atoms with Crippen LogP contribution in [-0.4, -0.2) is 21.1 Å². The van der Waals surface area contributed by atoms with Crippen molar-refractivity contribution in [2.45, 2.75) is 32.5 Å².